The molecule has 0 aromatic carbocycles. The second-order valence-corrected chi connectivity index (χ2v) is 6.28. The van der Waals surface area contributed by atoms with Gasteiger partial charge in [0.25, 0.3) is 0 Å². The summed E-state index contributed by atoms with van der Waals surface area (Å²) < 4.78 is 5.73. The highest BCUT2D eigenvalue weighted by Gasteiger charge is 2.31. The molecule has 0 bridgehead atoms. The van der Waals surface area contributed by atoms with Gasteiger partial charge in [0, 0.05) is 19.7 Å². The van der Waals surface area contributed by atoms with Crippen molar-refractivity contribution in [1.82, 2.24) is 4.90 Å². The van der Waals surface area contributed by atoms with Gasteiger partial charge in [0.05, 0.1) is 12.7 Å². The van der Waals surface area contributed by atoms with Gasteiger partial charge < -0.3 is 9.84 Å². The summed E-state index contributed by atoms with van der Waals surface area (Å²) in [4.78, 5) is 2.46. The normalized spacial score (nSPS) is 32.8. The van der Waals surface area contributed by atoms with Gasteiger partial charge in [-0.2, -0.15) is 0 Å². The largest absolute Gasteiger partial charge is 0.395 e. The molecule has 106 valence electrons. The van der Waals surface area contributed by atoms with Gasteiger partial charge in [-0.25, -0.2) is 0 Å². The molecule has 0 radical (unpaired) electrons. The first-order chi connectivity index (χ1) is 8.74. The Morgan fingerprint density at radius 2 is 2.00 bits per heavy atom. The molecule has 2 rings (SSSR count). The van der Waals surface area contributed by atoms with Crippen molar-refractivity contribution < 1.29 is 9.84 Å². The van der Waals surface area contributed by atoms with Gasteiger partial charge in [0.2, 0.25) is 0 Å². The molecule has 3 heteroatoms. The topological polar surface area (TPSA) is 32.7 Å². The van der Waals surface area contributed by atoms with Crippen LogP contribution in [0.3, 0.4) is 0 Å². The molecule has 1 heterocycles. The Balaban J connectivity index is 1.89. The Kier molecular flexibility index (Phi) is 5.46. The van der Waals surface area contributed by atoms with Gasteiger partial charge in [-0.05, 0) is 44.1 Å². The molecule has 1 N–H and O–H groups in total. The summed E-state index contributed by atoms with van der Waals surface area (Å²) in [6, 6.07) is 0.354. The molecule has 2 fully saturated rings. The van der Waals surface area contributed by atoms with Crippen LogP contribution >= 0.6 is 0 Å². The number of nitrogens with zero attached hydrogens (tertiary/aromatic N) is 1. The monoisotopic (exact) mass is 255 g/mol. The summed E-state index contributed by atoms with van der Waals surface area (Å²) >= 11 is 0. The number of aliphatic hydroxyl groups excluding tert-OH is 1. The van der Waals surface area contributed by atoms with Gasteiger partial charge >= 0.3 is 0 Å². The van der Waals surface area contributed by atoms with E-state index in [9.17, 15) is 5.11 Å². The van der Waals surface area contributed by atoms with Crippen molar-refractivity contribution in [3.05, 3.63) is 0 Å². The highest BCUT2D eigenvalue weighted by molar-refractivity contribution is 4.85. The van der Waals surface area contributed by atoms with Gasteiger partial charge in [-0.3, -0.25) is 4.90 Å². The number of likely N-dealkylation sites (tertiary alicyclic amines) is 1. The third kappa shape index (κ3) is 3.46. The summed E-state index contributed by atoms with van der Waals surface area (Å²) in [5, 5.41) is 9.55. The third-order valence-corrected chi connectivity index (χ3v) is 4.95. The maximum Gasteiger partial charge on any atom is 0.0726 e. The molecule has 0 aromatic rings. The van der Waals surface area contributed by atoms with Crippen molar-refractivity contribution in [2.75, 3.05) is 26.8 Å². The lowest BCUT2D eigenvalue weighted by Crippen LogP contribution is -2.48. The molecule has 0 amide bonds. The van der Waals surface area contributed by atoms with E-state index >= 15 is 0 Å². The number of piperidine rings is 1. The lowest BCUT2D eigenvalue weighted by atomic mass is 9.91. The molecule has 18 heavy (non-hydrogen) atoms. The summed E-state index contributed by atoms with van der Waals surface area (Å²) in [7, 11) is 1.85. The Morgan fingerprint density at radius 3 is 2.61 bits per heavy atom. The number of ether oxygens (including phenoxy) is 1. The molecule has 3 atom stereocenters. The van der Waals surface area contributed by atoms with Crippen LogP contribution in [-0.2, 0) is 4.74 Å². The fourth-order valence-corrected chi connectivity index (χ4v) is 3.71. The van der Waals surface area contributed by atoms with E-state index < -0.39 is 0 Å². The van der Waals surface area contributed by atoms with Crippen molar-refractivity contribution in [2.45, 2.75) is 57.6 Å². The fourth-order valence-electron chi connectivity index (χ4n) is 3.71. The van der Waals surface area contributed by atoms with Crippen LogP contribution in [0.1, 0.15) is 45.4 Å². The van der Waals surface area contributed by atoms with Crippen molar-refractivity contribution >= 4 is 0 Å². The van der Waals surface area contributed by atoms with Gasteiger partial charge in [0.15, 0.2) is 0 Å². The molecule has 1 saturated carbocycles. The van der Waals surface area contributed by atoms with Crippen LogP contribution in [-0.4, -0.2) is 49.0 Å². The minimum atomic E-state index is 0.297. The van der Waals surface area contributed by atoms with E-state index in [1.807, 2.05) is 7.11 Å². The minimum Gasteiger partial charge on any atom is -0.395 e. The first kappa shape index (κ1) is 14.3. The number of methoxy groups -OCH3 is 1. The van der Waals surface area contributed by atoms with E-state index in [0.29, 0.717) is 18.8 Å². The lowest BCUT2D eigenvalue weighted by Gasteiger charge is -2.40. The Hall–Kier alpha value is -0.120. The molecule has 1 aliphatic heterocycles. The van der Waals surface area contributed by atoms with Crippen LogP contribution in [0.4, 0.5) is 0 Å². The molecule has 0 aromatic heterocycles. The maximum absolute atomic E-state index is 9.55. The predicted octanol–water partition coefficient (Wildman–Crippen LogP) is 2.28. The van der Waals surface area contributed by atoms with E-state index in [-0.39, 0.29) is 0 Å². The van der Waals surface area contributed by atoms with Crippen LogP contribution in [0.25, 0.3) is 0 Å². The van der Waals surface area contributed by atoms with Crippen LogP contribution in [0.5, 0.6) is 0 Å². The number of rotatable bonds is 5. The average Bonchev–Trinajstić information content (AvgIpc) is 2.91. The zero-order valence-electron chi connectivity index (χ0n) is 12.0. The molecular weight excluding hydrogens is 226 g/mol. The van der Waals surface area contributed by atoms with Crippen LogP contribution in [0.15, 0.2) is 0 Å². The Bertz CT molecular complexity index is 241. The van der Waals surface area contributed by atoms with Crippen LogP contribution in [0.2, 0.25) is 0 Å². The summed E-state index contributed by atoms with van der Waals surface area (Å²) in [6.07, 6.45) is 8.15. The van der Waals surface area contributed by atoms with Gasteiger partial charge in [-0.1, -0.05) is 19.8 Å². The van der Waals surface area contributed by atoms with Gasteiger partial charge in [0.1, 0.15) is 0 Å². The molecule has 0 spiro atoms. The van der Waals surface area contributed by atoms with Gasteiger partial charge in [-0.15, -0.1) is 0 Å². The van der Waals surface area contributed by atoms with Crippen molar-refractivity contribution in [3.63, 3.8) is 0 Å². The Morgan fingerprint density at radius 1 is 1.28 bits per heavy atom. The zero-order valence-corrected chi connectivity index (χ0v) is 12.0. The SMILES string of the molecule is COC(CN1CC[C@@H](C)C[C@H]1CO)C1CCCC1. The zero-order chi connectivity index (χ0) is 13.0. The highest BCUT2D eigenvalue weighted by atomic mass is 16.5. The van der Waals surface area contributed by atoms with Crippen molar-refractivity contribution in [3.8, 4) is 0 Å². The standard InChI is InChI=1S/C15H29NO2/c1-12-7-8-16(14(9-12)11-17)10-15(18-2)13-5-3-4-6-13/h12-15,17H,3-11H2,1-2H3/t12-,14+,15?/m1/s1. The fraction of sp³-hybridized carbons (Fsp3) is 1.00. The summed E-state index contributed by atoms with van der Waals surface area (Å²) in [6.45, 7) is 4.73. The molecule has 3 nitrogen and oxygen atoms in total. The average molecular weight is 255 g/mol. The summed E-state index contributed by atoms with van der Waals surface area (Å²) in [5.74, 6) is 1.50. The quantitative estimate of drug-likeness (QED) is 0.818. The van der Waals surface area contributed by atoms with Crippen LogP contribution in [0, 0.1) is 11.8 Å². The third-order valence-electron chi connectivity index (χ3n) is 4.95. The molecule has 1 unspecified atom stereocenters. The smallest absolute Gasteiger partial charge is 0.0726 e. The van der Waals surface area contributed by atoms with E-state index in [1.54, 1.807) is 0 Å². The molecule has 1 saturated heterocycles. The second-order valence-electron chi connectivity index (χ2n) is 6.28. The maximum atomic E-state index is 9.55. The number of hydrogen-bond acceptors (Lipinski definition) is 3. The minimum absolute atomic E-state index is 0.297. The van der Waals surface area contributed by atoms with E-state index in [0.717, 1.165) is 31.3 Å². The van der Waals surface area contributed by atoms with E-state index in [1.165, 1.54) is 32.1 Å². The molecule has 1 aliphatic carbocycles. The van der Waals surface area contributed by atoms with E-state index in [4.69, 9.17) is 4.74 Å². The number of hydrogen-bond donors (Lipinski definition) is 1. The molecular formula is C15H29NO2. The predicted molar refractivity (Wildman–Crippen MR) is 73.6 cm³/mol. The number of aliphatic hydroxyl groups is 1. The van der Waals surface area contributed by atoms with Crippen molar-refractivity contribution in [1.29, 1.82) is 0 Å². The highest BCUT2D eigenvalue weighted by Crippen LogP contribution is 2.31. The van der Waals surface area contributed by atoms with E-state index in [2.05, 4.69) is 11.8 Å². The Labute approximate surface area is 112 Å². The summed E-state index contributed by atoms with van der Waals surface area (Å²) in [5.41, 5.74) is 0. The second kappa shape index (κ2) is 6.88. The first-order valence-corrected chi connectivity index (χ1v) is 7.62. The lowest BCUT2D eigenvalue weighted by molar-refractivity contribution is -0.0131. The first-order valence-electron chi connectivity index (χ1n) is 7.62. The van der Waals surface area contributed by atoms with Crippen molar-refractivity contribution in [2.24, 2.45) is 11.8 Å². The van der Waals surface area contributed by atoms with Crippen LogP contribution < -0.4 is 0 Å². The molecule has 2 aliphatic rings.